The van der Waals surface area contributed by atoms with Crippen molar-refractivity contribution in [2.75, 3.05) is 19.0 Å². The van der Waals surface area contributed by atoms with Crippen LogP contribution in [0.5, 0.6) is 5.75 Å². The fourth-order valence-corrected chi connectivity index (χ4v) is 8.27. The predicted octanol–water partition coefficient (Wildman–Crippen LogP) is 6.25. The number of hydrogen-bond acceptors (Lipinski definition) is 5. The summed E-state index contributed by atoms with van der Waals surface area (Å²) < 4.78 is 10.9. The predicted molar refractivity (Wildman–Crippen MR) is 136 cm³/mol. The number of amides is 1. The van der Waals surface area contributed by atoms with Gasteiger partial charge in [0.1, 0.15) is 10.8 Å². The van der Waals surface area contributed by atoms with Crippen LogP contribution in [0.25, 0.3) is 0 Å². The highest BCUT2D eigenvalue weighted by Crippen LogP contribution is 2.63. The summed E-state index contributed by atoms with van der Waals surface area (Å²) in [5, 5.41) is 3.28. The number of methoxy groups -OCH3 is 1. The summed E-state index contributed by atoms with van der Waals surface area (Å²) in [7, 11) is 1.72. The van der Waals surface area contributed by atoms with Crippen LogP contribution in [0.4, 0.5) is 5.00 Å². The standard InChI is InChI=1S/C26H29Cl2NO4S/c1-4-33-25(31)20-21-19(34-24(20)29-23(30)22(27)28)12-18-17-7-5-13-11-14(32-3)6-8-15(13)16(17)9-10-26(18,21)2/h6,8,11,16-18,22H,4-5,7,9-10,12H2,1-3H3,(H,29,30)/t16-,17+,18+,26+/m1/s1. The third kappa shape index (κ3) is 3.73. The number of ether oxygens (including phenoxy) is 2. The summed E-state index contributed by atoms with van der Waals surface area (Å²) in [6, 6.07) is 6.53. The second-order valence-corrected chi connectivity index (χ2v) is 12.0. The number of anilines is 1. The molecule has 0 bridgehead atoms. The number of hydrogen-bond donors (Lipinski definition) is 1. The fourth-order valence-electron chi connectivity index (χ4n) is 6.77. The average Bonchev–Trinajstić information content (AvgIpc) is 3.32. The largest absolute Gasteiger partial charge is 0.497 e. The van der Waals surface area contributed by atoms with Crippen LogP contribution < -0.4 is 10.1 Å². The summed E-state index contributed by atoms with van der Waals surface area (Å²) in [6.07, 6.45) is 5.16. The number of thiophene rings is 1. The van der Waals surface area contributed by atoms with Gasteiger partial charge in [-0.05, 0) is 91.0 Å². The first kappa shape index (κ1) is 24.0. The van der Waals surface area contributed by atoms with Crippen molar-refractivity contribution in [3.05, 3.63) is 45.3 Å². The van der Waals surface area contributed by atoms with E-state index in [1.54, 1.807) is 14.0 Å². The molecule has 2 aromatic rings. The van der Waals surface area contributed by atoms with Gasteiger partial charge < -0.3 is 14.8 Å². The van der Waals surface area contributed by atoms with E-state index in [-0.39, 0.29) is 18.0 Å². The Hall–Kier alpha value is -1.76. The molecule has 0 radical (unpaired) electrons. The van der Waals surface area contributed by atoms with Crippen LogP contribution in [0.2, 0.25) is 0 Å². The monoisotopic (exact) mass is 521 g/mol. The molecule has 3 aliphatic rings. The maximum absolute atomic E-state index is 13.1. The van der Waals surface area contributed by atoms with E-state index in [0.717, 1.165) is 43.4 Å². The van der Waals surface area contributed by atoms with Crippen molar-refractivity contribution in [3.8, 4) is 5.75 Å². The van der Waals surface area contributed by atoms with Crippen LogP contribution in [0.1, 0.15) is 71.0 Å². The molecule has 0 unspecified atom stereocenters. The van der Waals surface area contributed by atoms with Gasteiger partial charge in [-0.2, -0.15) is 0 Å². The Kier molecular flexibility index (Phi) is 6.36. The second-order valence-electron chi connectivity index (χ2n) is 9.76. The summed E-state index contributed by atoms with van der Waals surface area (Å²) in [5.74, 6) is 1.54. The molecule has 5 nitrogen and oxygen atoms in total. The van der Waals surface area contributed by atoms with Crippen LogP contribution in [-0.2, 0) is 27.8 Å². The normalized spacial score (nSPS) is 26.8. The van der Waals surface area contributed by atoms with E-state index in [2.05, 4.69) is 30.4 Å². The number of aryl methyl sites for hydroxylation is 1. The van der Waals surface area contributed by atoms with Crippen molar-refractivity contribution in [1.29, 1.82) is 0 Å². The first-order valence-corrected chi connectivity index (χ1v) is 13.6. The van der Waals surface area contributed by atoms with Crippen molar-refractivity contribution in [2.45, 2.75) is 62.1 Å². The van der Waals surface area contributed by atoms with Gasteiger partial charge in [0.05, 0.1) is 19.3 Å². The van der Waals surface area contributed by atoms with E-state index >= 15 is 0 Å². The molecule has 0 spiro atoms. The third-order valence-electron chi connectivity index (χ3n) is 8.20. The van der Waals surface area contributed by atoms with Crippen LogP contribution in [0.3, 0.4) is 0 Å². The molecule has 0 aliphatic heterocycles. The Morgan fingerprint density at radius 3 is 2.79 bits per heavy atom. The van der Waals surface area contributed by atoms with Gasteiger partial charge in [-0.1, -0.05) is 36.2 Å². The minimum atomic E-state index is -1.20. The molecule has 1 heterocycles. The quantitative estimate of drug-likeness (QED) is 0.373. The minimum absolute atomic E-state index is 0.136. The molecule has 1 amide bonds. The van der Waals surface area contributed by atoms with E-state index in [0.29, 0.717) is 28.3 Å². The van der Waals surface area contributed by atoms with Crippen molar-refractivity contribution >= 4 is 51.4 Å². The van der Waals surface area contributed by atoms with Gasteiger partial charge in [-0.3, -0.25) is 4.79 Å². The van der Waals surface area contributed by atoms with Gasteiger partial charge in [-0.15, -0.1) is 11.3 Å². The van der Waals surface area contributed by atoms with E-state index in [9.17, 15) is 9.59 Å². The van der Waals surface area contributed by atoms with Crippen LogP contribution in [0.15, 0.2) is 18.2 Å². The topological polar surface area (TPSA) is 64.6 Å². The molecule has 3 aliphatic carbocycles. The molecule has 1 N–H and O–H groups in total. The number of nitrogens with one attached hydrogen (secondary N) is 1. The Morgan fingerprint density at radius 2 is 2.09 bits per heavy atom. The van der Waals surface area contributed by atoms with Crippen molar-refractivity contribution in [1.82, 2.24) is 0 Å². The number of esters is 1. The number of carbonyl (C=O) groups is 2. The zero-order chi connectivity index (χ0) is 24.2. The lowest BCUT2D eigenvalue weighted by atomic mass is 9.54. The van der Waals surface area contributed by atoms with Crippen LogP contribution in [-0.4, -0.2) is 30.4 Å². The number of carbonyl (C=O) groups excluding carboxylic acids is 2. The van der Waals surface area contributed by atoms with E-state index in [1.165, 1.54) is 27.3 Å². The highest BCUT2D eigenvalue weighted by Gasteiger charge is 2.55. The van der Waals surface area contributed by atoms with Gasteiger partial charge in [0.25, 0.3) is 5.91 Å². The molecule has 0 saturated heterocycles. The molecule has 182 valence electrons. The maximum Gasteiger partial charge on any atom is 0.341 e. The Morgan fingerprint density at radius 1 is 1.29 bits per heavy atom. The van der Waals surface area contributed by atoms with Crippen LogP contribution >= 0.6 is 34.5 Å². The molecule has 1 aromatic heterocycles. The number of rotatable bonds is 5. The lowest BCUT2D eigenvalue weighted by molar-refractivity contribution is -0.114. The Bertz CT molecular complexity index is 1150. The third-order valence-corrected chi connectivity index (χ3v) is 9.72. The Labute approximate surface area is 214 Å². The van der Waals surface area contributed by atoms with Gasteiger partial charge >= 0.3 is 5.97 Å². The van der Waals surface area contributed by atoms with Crippen molar-refractivity contribution in [2.24, 2.45) is 11.8 Å². The van der Waals surface area contributed by atoms with E-state index in [1.807, 2.05) is 0 Å². The van der Waals surface area contributed by atoms with Gasteiger partial charge in [0.15, 0.2) is 4.84 Å². The average molecular weight is 522 g/mol. The van der Waals surface area contributed by atoms with E-state index in [4.69, 9.17) is 32.7 Å². The molecular weight excluding hydrogens is 493 g/mol. The molecular formula is C26H29Cl2NO4S. The first-order valence-electron chi connectivity index (χ1n) is 11.9. The smallest absolute Gasteiger partial charge is 0.341 e. The van der Waals surface area contributed by atoms with Crippen molar-refractivity contribution < 1.29 is 19.1 Å². The number of halogens is 2. The van der Waals surface area contributed by atoms with E-state index < -0.39 is 10.7 Å². The summed E-state index contributed by atoms with van der Waals surface area (Å²) in [4.78, 5) is 25.3. The second kappa shape index (κ2) is 9.03. The number of alkyl halides is 2. The van der Waals surface area contributed by atoms with Crippen LogP contribution in [0, 0.1) is 11.8 Å². The summed E-state index contributed by atoms with van der Waals surface area (Å²) >= 11 is 13.0. The zero-order valence-corrected chi connectivity index (χ0v) is 21.9. The highest BCUT2D eigenvalue weighted by atomic mass is 35.5. The molecule has 8 heteroatoms. The first-order chi connectivity index (χ1) is 16.3. The molecule has 1 fully saturated rings. The summed E-state index contributed by atoms with van der Waals surface area (Å²) in [6.45, 7) is 4.37. The van der Waals surface area contributed by atoms with Gasteiger partial charge in [-0.25, -0.2) is 4.79 Å². The molecule has 5 rings (SSSR count). The molecule has 1 saturated carbocycles. The molecule has 1 aromatic carbocycles. The fraction of sp³-hybridized carbons (Fsp3) is 0.538. The summed E-state index contributed by atoms with van der Waals surface area (Å²) in [5.41, 5.74) is 4.29. The van der Waals surface area contributed by atoms with Crippen molar-refractivity contribution in [3.63, 3.8) is 0 Å². The van der Waals surface area contributed by atoms with Gasteiger partial charge in [0.2, 0.25) is 0 Å². The lowest BCUT2D eigenvalue weighted by Gasteiger charge is -2.49. The maximum atomic E-state index is 13.1. The Balaban J connectivity index is 1.52. The molecule has 4 atom stereocenters. The minimum Gasteiger partial charge on any atom is -0.497 e. The number of benzene rings is 1. The SMILES string of the molecule is CCOC(=O)c1c(NC(=O)C(Cl)Cl)sc2c1[C@@]1(C)CC[C@@H]3c4ccc(OC)cc4CC[C@@H]3[C@@H]1C2. The lowest BCUT2D eigenvalue weighted by Crippen LogP contribution is -2.43. The molecule has 34 heavy (non-hydrogen) atoms. The number of fused-ring (bicyclic) bond motifs is 7. The zero-order valence-electron chi connectivity index (χ0n) is 19.6. The van der Waals surface area contributed by atoms with Gasteiger partial charge in [0, 0.05) is 4.88 Å². The highest BCUT2D eigenvalue weighted by molar-refractivity contribution is 7.17.